The smallest absolute Gasteiger partial charge is 0.275 e. The number of aliphatic hydroxyl groups excluding tert-OH is 1. The number of amides is 1. The highest BCUT2D eigenvalue weighted by molar-refractivity contribution is 6.04. The lowest BCUT2D eigenvalue weighted by Gasteiger charge is -2.33. The van der Waals surface area contributed by atoms with Gasteiger partial charge in [0, 0.05) is 18.0 Å². The number of H-pyrrole nitrogens is 1. The van der Waals surface area contributed by atoms with E-state index in [1.54, 1.807) is 29.2 Å². The van der Waals surface area contributed by atoms with Crippen LogP contribution in [0.1, 0.15) is 42.6 Å². The Morgan fingerprint density at radius 3 is 2.61 bits per heavy atom. The summed E-state index contributed by atoms with van der Waals surface area (Å²) in [5.74, 6) is -0.224. The maximum absolute atomic E-state index is 13.0. The van der Waals surface area contributed by atoms with Crippen LogP contribution in [0, 0.1) is 0 Å². The Bertz CT molecular complexity index is 750. The molecule has 2 aromatic rings. The van der Waals surface area contributed by atoms with Crippen LogP contribution in [-0.2, 0) is 0 Å². The van der Waals surface area contributed by atoms with Gasteiger partial charge in [-0.25, -0.2) is 5.10 Å². The number of benzene rings is 1. The predicted molar refractivity (Wildman–Crippen MR) is 87.4 cm³/mol. The molecule has 6 heteroatoms. The van der Waals surface area contributed by atoms with Crippen molar-refractivity contribution in [3.05, 3.63) is 40.3 Å². The number of aromatic nitrogens is 2. The van der Waals surface area contributed by atoms with Crippen molar-refractivity contribution in [1.29, 1.82) is 0 Å². The lowest BCUT2D eigenvalue weighted by molar-refractivity contribution is 0.0580. The van der Waals surface area contributed by atoms with E-state index in [4.69, 9.17) is 0 Å². The molecule has 1 aliphatic rings. The minimum Gasteiger partial charge on any atom is -0.395 e. The van der Waals surface area contributed by atoms with Crippen LogP contribution in [0.5, 0.6) is 0 Å². The molecule has 1 fully saturated rings. The van der Waals surface area contributed by atoms with Crippen LogP contribution >= 0.6 is 0 Å². The highest BCUT2D eigenvalue weighted by Crippen LogP contribution is 2.24. The van der Waals surface area contributed by atoms with Crippen LogP contribution in [0.25, 0.3) is 10.8 Å². The van der Waals surface area contributed by atoms with Crippen molar-refractivity contribution in [2.45, 2.75) is 38.1 Å². The molecule has 1 heterocycles. The molecule has 122 valence electrons. The van der Waals surface area contributed by atoms with Crippen molar-refractivity contribution >= 4 is 16.7 Å². The van der Waals surface area contributed by atoms with Crippen molar-refractivity contribution in [1.82, 2.24) is 15.1 Å². The first-order chi connectivity index (χ1) is 11.2. The normalized spacial score (nSPS) is 15.7. The van der Waals surface area contributed by atoms with Crippen LogP contribution in [0.3, 0.4) is 0 Å². The molecule has 0 spiro atoms. The van der Waals surface area contributed by atoms with Gasteiger partial charge in [0.15, 0.2) is 5.69 Å². The van der Waals surface area contributed by atoms with E-state index in [9.17, 15) is 14.7 Å². The maximum atomic E-state index is 13.0. The maximum Gasteiger partial charge on any atom is 0.275 e. The molecule has 1 saturated carbocycles. The van der Waals surface area contributed by atoms with E-state index in [0.717, 1.165) is 25.7 Å². The lowest BCUT2D eigenvalue weighted by Crippen LogP contribution is -2.43. The minimum absolute atomic E-state index is 0.0798. The summed E-state index contributed by atoms with van der Waals surface area (Å²) in [7, 11) is 0. The van der Waals surface area contributed by atoms with Crippen LogP contribution in [-0.4, -0.2) is 45.3 Å². The average Bonchev–Trinajstić information content (AvgIpc) is 2.60. The number of carbonyl (C=O) groups is 1. The number of carbonyl (C=O) groups excluding carboxylic acids is 1. The van der Waals surface area contributed by atoms with Crippen molar-refractivity contribution < 1.29 is 9.90 Å². The Hall–Kier alpha value is -2.21. The lowest BCUT2D eigenvalue weighted by atomic mass is 9.93. The van der Waals surface area contributed by atoms with Gasteiger partial charge in [0.1, 0.15) is 0 Å². The van der Waals surface area contributed by atoms with Crippen molar-refractivity contribution in [2.75, 3.05) is 13.2 Å². The van der Waals surface area contributed by atoms with Gasteiger partial charge in [-0.05, 0) is 18.9 Å². The SMILES string of the molecule is O=C(c1n[nH]c(=O)c2ccccc12)N(CCO)C1CCCCC1. The molecule has 0 unspecified atom stereocenters. The second kappa shape index (κ2) is 6.91. The van der Waals surface area contributed by atoms with E-state index in [2.05, 4.69) is 10.2 Å². The first-order valence-electron chi connectivity index (χ1n) is 8.11. The Balaban J connectivity index is 2.00. The zero-order chi connectivity index (χ0) is 16.2. The fourth-order valence-corrected chi connectivity index (χ4v) is 3.36. The Morgan fingerprint density at radius 1 is 1.22 bits per heavy atom. The summed E-state index contributed by atoms with van der Waals surface area (Å²) in [4.78, 5) is 26.6. The number of aromatic amines is 1. The molecule has 0 bridgehead atoms. The Morgan fingerprint density at radius 2 is 1.91 bits per heavy atom. The van der Waals surface area contributed by atoms with E-state index < -0.39 is 0 Å². The van der Waals surface area contributed by atoms with Gasteiger partial charge in [0.2, 0.25) is 0 Å². The molecule has 1 aromatic carbocycles. The second-order valence-corrected chi connectivity index (χ2v) is 5.96. The summed E-state index contributed by atoms with van der Waals surface area (Å²) < 4.78 is 0. The Kier molecular flexibility index (Phi) is 4.71. The third kappa shape index (κ3) is 3.12. The number of rotatable bonds is 4. The zero-order valence-electron chi connectivity index (χ0n) is 13.0. The molecule has 1 aliphatic carbocycles. The highest BCUT2D eigenvalue weighted by Gasteiger charge is 2.28. The summed E-state index contributed by atoms with van der Waals surface area (Å²) in [5.41, 5.74) is -0.0530. The molecule has 2 N–H and O–H groups in total. The summed E-state index contributed by atoms with van der Waals surface area (Å²) in [5, 5.41) is 16.8. The second-order valence-electron chi connectivity index (χ2n) is 5.96. The number of hydrogen-bond acceptors (Lipinski definition) is 4. The molecule has 6 nitrogen and oxygen atoms in total. The van der Waals surface area contributed by atoms with Crippen molar-refractivity contribution in [3.8, 4) is 0 Å². The van der Waals surface area contributed by atoms with Crippen LogP contribution in [0.2, 0.25) is 0 Å². The molecular formula is C17H21N3O3. The number of aliphatic hydroxyl groups is 1. The van der Waals surface area contributed by atoms with Crippen LogP contribution in [0.4, 0.5) is 0 Å². The third-order valence-corrected chi connectivity index (χ3v) is 4.52. The predicted octanol–water partition coefficient (Wildman–Crippen LogP) is 1.69. The first-order valence-corrected chi connectivity index (χ1v) is 8.11. The minimum atomic E-state index is -0.302. The molecule has 0 radical (unpaired) electrons. The number of nitrogens with zero attached hydrogens (tertiary/aromatic N) is 2. The molecule has 23 heavy (non-hydrogen) atoms. The van der Waals surface area contributed by atoms with Crippen molar-refractivity contribution in [3.63, 3.8) is 0 Å². The number of fused-ring (bicyclic) bond motifs is 1. The summed E-state index contributed by atoms with van der Waals surface area (Å²) in [6.45, 7) is 0.210. The van der Waals surface area contributed by atoms with Gasteiger partial charge in [0.05, 0.1) is 12.0 Å². The third-order valence-electron chi connectivity index (χ3n) is 4.52. The van der Waals surface area contributed by atoms with Gasteiger partial charge in [-0.15, -0.1) is 0 Å². The van der Waals surface area contributed by atoms with Crippen molar-refractivity contribution in [2.24, 2.45) is 0 Å². The van der Waals surface area contributed by atoms with Crippen LogP contribution in [0.15, 0.2) is 29.1 Å². The van der Waals surface area contributed by atoms with Crippen LogP contribution < -0.4 is 5.56 Å². The molecule has 0 aliphatic heterocycles. The molecule has 1 aromatic heterocycles. The fourth-order valence-electron chi connectivity index (χ4n) is 3.36. The van der Waals surface area contributed by atoms with Gasteiger partial charge < -0.3 is 10.0 Å². The number of nitrogens with one attached hydrogen (secondary N) is 1. The highest BCUT2D eigenvalue weighted by atomic mass is 16.3. The number of hydrogen-bond donors (Lipinski definition) is 2. The zero-order valence-corrected chi connectivity index (χ0v) is 13.0. The standard InChI is InChI=1S/C17H21N3O3/c21-11-10-20(12-6-2-1-3-7-12)17(23)15-13-8-4-5-9-14(13)16(22)19-18-15/h4-5,8-9,12,21H,1-3,6-7,10-11H2,(H,19,22). The topological polar surface area (TPSA) is 86.3 Å². The van der Waals surface area contributed by atoms with E-state index in [1.807, 2.05) is 0 Å². The van der Waals surface area contributed by atoms with E-state index >= 15 is 0 Å². The summed E-state index contributed by atoms with van der Waals surface area (Å²) >= 11 is 0. The van der Waals surface area contributed by atoms with Gasteiger partial charge in [-0.2, -0.15) is 5.10 Å². The molecule has 0 saturated heterocycles. The molecule has 0 atom stereocenters. The molecular weight excluding hydrogens is 294 g/mol. The largest absolute Gasteiger partial charge is 0.395 e. The van der Waals surface area contributed by atoms with E-state index in [1.165, 1.54) is 6.42 Å². The molecule has 1 amide bonds. The quantitative estimate of drug-likeness (QED) is 0.899. The van der Waals surface area contributed by atoms with Gasteiger partial charge >= 0.3 is 0 Å². The Labute approximate surface area is 134 Å². The van der Waals surface area contributed by atoms with Gasteiger partial charge in [0.25, 0.3) is 11.5 Å². The van der Waals surface area contributed by atoms with E-state index in [0.29, 0.717) is 17.3 Å². The van der Waals surface area contributed by atoms with Gasteiger partial charge in [-0.1, -0.05) is 37.5 Å². The molecule has 3 rings (SSSR count). The average molecular weight is 315 g/mol. The summed E-state index contributed by atoms with van der Waals surface area (Å²) in [6.07, 6.45) is 5.29. The van der Waals surface area contributed by atoms with E-state index in [-0.39, 0.29) is 29.8 Å². The monoisotopic (exact) mass is 315 g/mol. The summed E-state index contributed by atoms with van der Waals surface area (Å²) in [6, 6.07) is 7.11. The first kappa shape index (κ1) is 15.7. The fraction of sp³-hybridized carbons (Fsp3) is 0.471. The van der Waals surface area contributed by atoms with Gasteiger partial charge in [-0.3, -0.25) is 9.59 Å².